The molecule has 1 heterocycles. The average Bonchev–Trinajstić information content (AvgIpc) is 2.71. The average molecular weight is 381 g/mol. The van der Waals surface area contributed by atoms with Crippen molar-refractivity contribution in [2.24, 2.45) is 0 Å². The number of ether oxygens (including phenoxy) is 2. The summed E-state index contributed by atoms with van der Waals surface area (Å²) in [5.41, 5.74) is 0.434. The predicted molar refractivity (Wildman–Crippen MR) is 107 cm³/mol. The molecule has 0 saturated carbocycles. The Labute approximate surface area is 162 Å². The van der Waals surface area contributed by atoms with E-state index in [-0.39, 0.29) is 18.0 Å². The number of hydrogen-bond donors (Lipinski definition) is 1. The highest BCUT2D eigenvalue weighted by Gasteiger charge is 2.10. The summed E-state index contributed by atoms with van der Waals surface area (Å²) in [5.74, 6) is 1.19. The second-order valence-corrected chi connectivity index (χ2v) is 6.20. The highest BCUT2D eigenvalue weighted by Crippen LogP contribution is 2.17. The van der Waals surface area contributed by atoms with Gasteiger partial charge in [-0.15, -0.1) is 0 Å². The zero-order valence-corrected chi connectivity index (χ0v) is 16.0. The number of nitrogens with one attached hydrogen (secondary N) is 1. The van der Waals surface area contributed by atoms with Gasteiger partial charge in [-0.2, -0.15) is 5.10 Å². The summed E-state index contributed by atoms with van der Waals surface area (Å²) in [6.45, 7) is 4.87. The molecule has 28 heavy (non-hydrogen) atoms. The minimum atomic E-state index is -0.292. The smallest absolute Gasteiger partial charge is 0.275 e. The summed E-state index contributed by atoms with van der Waals surface area (Å²) in [7, 11) is 0. The molecule has 0 aliphatic heterocycles. The van der Waals surface area contributed by atoms with E-state index < -0.39 is 0 Å². The van der Waals surface area contributed by atoms with Gasteiger partial charge in [-0.25, -0.2) is 4.68 Å². The molecule has 0 atom stereocenters. The molecule has 0 fully saturated rings. The molecule has 3 rings (SSSR count). The van der Waals surface area contributed by atoms with E-state index in [9.17, 15) is 9.59 Å². The van der Waals surface area contributed by atoms with Crippen LogP contribution < -0.4 is 20.3 Å². The number of hydrogen-bond acceptors (Lipinski definition) is 5. The fraction of sp³-hybridized carbons (Fsp3) is 0.286. The second kappa shape index (κ2) is 9.03. The van der Waals surface area contributed by atoms with Crippen molar-refractivity contribution in [3.63, 3.8) is 0 Å². The van der Waals surface area contributed by atoms with Crippen LogP contribution in [0.3, 0.4) is 0 Å². The molecule has 0 radical (unpaired) electrons. The van der Waals surface area contributed by atoms with Gasteiger partial charge in [0.1, 0.15) is 24.7 Å². The monoisotopic (exact) mass is 381 g/mol. The molecular weight excluding hydrogens is 358 g/mol. The SMILES string of the molecule is CCOc1ccc(OCCNC(=O)Cn2nc(C)c3ccccc3c2=O)cc1. The third-order valence-electron chi connectivity index (χ3n) is 4.17. The number of nitrogens with zero attached hydrogens (tertiary/aromatic N) is 2. The Bertz CT molecular complexity index is 1010. The van der Waals surface area contributed by atoms with Crippen LogP contribution in [0.25, 0.3) is 10.8 Å². The van der Waals surface area contributed by atoms with Gasteiger partial charge >= 0.3 is 0 Å². The van der Waals surface area contributed by atoms with Crippen LogP contribution in [0.1, 0.15) is 12.6 Å². The number of amides is 1. The third-order valence-corrected chi connectivity index (χ3v) is 4.17. The topological polar surface area (TPSA) is 82.4 Å². The van der Waals surface area contributed by atoms with Crippen molar-refractivity contribution >= 4 is 16.7 Å². The van der Waals surface area contributed by atoms with Crippen LogP contribution >= 0.6 is 0 Å². The molecule has 7 nitrogen and oxygen atoms in total. The van der Waals surface area contributed by atoms with Crippen LogP contribution in [0.2, 0.25) is 0 Å². The highest BCUT2D eigenvalue weighted by molar-refractivity contribution is 5.83. The van der Waals surface area contributed by atoms with E-state index in [4.69, 9.17) is 9.47 Å². The number of carbonyl (C=O) groups is 1. The lowest BCUT2D eigenvalue weighted by Gasteiger charge is -2.10. The van der Waals surface area contributed by atoms with Crippen molar-refractivity contribution in [1.29, 1.82) is 0 Å². The maximum absolute atomic E-state index is 12.5. The van der Waals surface area contributed by atoms with Gasteiger partial charge in [0.05, 0.1) is 24.2 Å². The first-order valence-electron chi connectivity index (χ1n) is 9.17. The molecular formula is C21H23N3O4. The summed E-state index contributed by atoms with van der Waals surface area (Å²) in [4.78, 5) is 24.6. The van der Waals surface area contributed by atoms with Crippen molar-refractivity contribution < 1.29 is 14.3 Å². The normalized spacial score (nSPS) is 10.6. The van der Waals surface area contributed by atoms with E-state index in [0.29, 0.717) is 36.6 Å². The van der Waals surface area contributed by atoms with Crippen LogP contribution in [0, 0.1) is 6.92 Å². The summed E-state index contributed by atoms with van der Waals surface area (Å²) in [5, 5.41) is 8.34. The number of aryl methyl sites for hydroxylation is 1. The summed E-state index contributed by atoms with van der Waals surface area (Å²) >= 11 is 0. The minimum absolute atomic E-state index is 0.131. The van der Waals surface area contributed by atoms with Crippen LogP contribution in [-0.2, 0) is 11.3 Å². The largest absolute Gasteiger partial charge is 0.494 e. The number of benzene rings is 2. The first-order valence-corrected chi connectivity index (χ1v) is 9.17. The Morgan fingerprint density at radius 2 is 1.68 bits per heavy atom. The number of fused-ring (bicyclic) bond motifs is 1. The standard InChI is InChI=1S/C21H23N3O4/c1-3-27-16-8-10-17(11-9-16)28-13-12-22-20(25)14-24-21(26)19-7-5-4-6-18(19)15(2)23-24/h4-11H,3,12-14H2,1-2H3,(H,22,25). The van der Waals surface area contributed by atoms with Crippen molar-refractivity contribution in [2.75, 3.05) is 19.8 Å². The Morgan fingerprint density at radius 1 is 1.04 bits per heavy atom. The van der Waals surface area contributed by atoms with Gasteiger partial charge in [-0.1, -0.05) is 18.2 Å². The van der Waals surface area contributed by atoms with E-state index >= 15 is 0 Å². The van der Waals surface area contributed by atoms with Crippen LogP contribution in [-0.4, -0.2) is 35.4 Å². The number of rotatable bonds is 8. The molecule has 1 N–H and O–H groups in total. The van der Waals surface area contributed by atoms with E-state index in [0.717, 1.165) is 11.1 Å². The fourth-order valence-electron chi connectivity index (χ4n) is 2.86. The zero-order chi connectivity index (χ0) is 19.9. The molecule has 0 spiro atoms. The number of carbonyl (C=O) groups excluding carboxylic acids is 1. The quantitative estimate of drug-likeness (QED) is 0.606. The molecule has 0 bridgehead atoms. The van der Waals surface area contributed by atoms with E-state index in [1.807, 2.05) is 50.2 Å². The lowest BCUT2D eigenvalue weighted by Crippen LogP contribution is -2.35. The third kappa shape index (κ3) is 4.68. The van der Waals surface area contributed by atoms with Gasteiger partial charge in [0.25, 0.3) is 5.56 Å². The van der Waals surface area contributed by atoms with Crippen molar-refractivity contribution in [1.82, 2.24) is 15.1 Å². The number of aromatic nitrogens is 2. The van der Waals surface area contributed by atoms with Gasteiger partial charge in [-0.05, 0) is 44.2 Å². The molecule has 1 aromatic heterocycles. The van der Waals surface area contributed by atoms with Crippen molar-refractivity contribution in [2.45, 2.75) is 20.4 Å². The Balaban J connectivity index is 1.51. The first-order chi connectivity index (χ1) is 13.6. The Morgan fingerprint density at radius 3 is 2.36 bits per heavy atom. The van der Waals surface area contributed by atoms with Crippen LogP contribution in [0.5, 0.6) is 11.5 Å². The van der Waals surface area contributed by atoms with Gasteiger partial charge in [-0.3, -0.25) is 9.59 Å². The maximum atomic E-state index is 12.5. The molecule has 146 valence electrons. The van der Waals surface area contributed by atoms with E-state index in [1.165, 1.54) is 4.68 Å². The van der Waals surface area contributed by atoms with Gasteiger partial charge in [0.2, 0.25) is 5.91 Å². The first kappa shape index (κ1) is 19.4. The van der Waals surface area contributed by atoms with Crippen LogP contribution in [0.15, 0.2) is 53.3 Å². The van der Waals surface area contributed by atoms with Crippen molar-refractivity contribution in [3.05, 3.63) is 64.6 Å². The lowest BCUT2D eigenvalue weighted by atomic mass is 10.1. The van der Waals surface area contributed by atoms with E-state index in [1.54, 1.807) is 12.1 Å². The zero-order valence-electron chi connectivity index (χ0n) is 16.0. The molecule has 0 unspecified atom stereocenters. The summed E-state index contributed by atoms with van der Waals surface area (Å²) in [6.07, 6.45) is 0. The van der Waals surface area contributed by atoms with Gasteiger partial charge in [0.15, 0.2) is 0 Å². The molecule has 0 aliphatic rings. The van der Waals surface area contributed by atoms with Crippen LogP contribution in [0.4, 0.5) is 0 Å². The lowest BCUT2D eigenvalue weighted by molar-refractivity contribution is -0.122. The Kier molecular flexibility index (Phi) is 6.26. The van der Waals surface area contributed by atoms with Gasteiger partial charge in [0, 0.05) is 5.39 Å². The molecule has 1 amide bonds. The molecule has 3 aromatic rings. The van der Waals surface area contributed by atoms with E-state index in [2.05, 4.69) is 10.4 Å². The van der Waals surface area contributed by atoms with Gasteiger partial charge < -0.3 is 14.8 Å². The Hall–Kier alpha value is -3.35. The minimum Gasteiger partial charge on any atom is -0.494 e. The van der Waals surface area contributed by atoms with Crippen molar-refractivity contribution in [3.8, 4) is 11.5 Å². The molecule has 2 aromatic carbocycles. The second-order valence-electron chi connectivity index (χ2n) is 6.20. The molecule has 7 heteroatoms. The highest BCUT2D eigenvalue weighted by atomic mass is 16.5. The fourth-order valence-corrected chi connectivity index (χ4v) is 2.86. The maximum Gasteiger partial charge on any atom is 0.275 e. The summed E-state index contributed by atoms with van der Waals surface area (Å²) < 4.78 is 12.2. The molecule has 0 aliphatic carbocycles. The predicted octanol–water partition coefficient (Wildman–Crippen LogP) is 2.30. The molecule has 0 saturated heterocycles. The summed E-state index contributed by atoms with van der Waals surface area (Å²) in [6, 6.07) is 14.5.